The van der Waals surface area contributed by atoms with Gasteiger partial charge in [-0.3, -0.25) is 4.98 Å². The summed E-state index contributed by atoms with van der Waals surface area (Å²) in [6, 6.07) is 16.7. The van der Waals surface area contributed by atoms with Crippen LogP contribution in [0, 0.1) is 34.0 Å². The van der Waals surface area contributed by atoms with E-state index < -0.39 is 0 Å². The second-order valence-corrected chi connectivity index (χ2v) is 5.53. The Bertz CT molecular complexity index is 1070. The summed E-state index contributed by atoms with van der Waals surface area (Å²) < 4.78 is 5.18. The maximum atomic E-state index is 9.69. The first kappa shape index (κ1) is 17.5. The molecule has 1 N–H and O–H groups in total. The molecule has 0 radical (unpaired) electrons. The third-order valence-corrected chi connectivity index (χ3v) is 4.03. The van der Waals surface area contributed by atoms with Crippen molar-refractivity contribution in [1.29, 1.82) is 15.8 Å². The number of dihydropyridines is 1. The molecule has 2 heterocycles. The minimum absolute atomic E-state index is 0.160. The van der Waals surface area contributed by atoms with E-state index in [0.717, 1.165) is 5.56 Å². The number of pyridine rings is 1. The van der Waals surface area contributed by atoms with E-state index in [1.807, 2.05) is 48.5 Å². The summed E-state index contributed by atoms with van der Waals surface area (Å²) in [4.78, 5) is 4.10. The van der Waals surface area contributed by atoms with Gasteiger partial charge in [0.15, 0.2) is 5.57 Å². The lowest BCUT2D eigenvalue weighted by Gasteiger charge is -2.22. The highest BCUT2D eigenvalue weighted by Crippen LogP contribution is 2.33. The quantitative estimate of drug-likeness (QED) is 0.850. The van der Waals surface area contributed by atoms with Gasteiger partial charge in [-0.1, -0.05) is 6.07 Å². The van der Waals surface area contributed by atoms with Crippen LogP contribution < -0.4 is 10.1 Å². The van der Waals surface area contributed by atoms with Crippen LogP contribution in [0.1, 0.15) is 11.1 Å². The van der Waals surface area contributed by atoms with Crippen molar-refractivity contribution in [3.63, 3.8) is 0 Å². The van der Waals surface area contributed by atoms with E-state index in [9.17, 15) is 15.8 Å². The number of rotatable bonds is 3. The van der Waals surface area contributed by atoms with Crippen molar-refractivity contribution in [2.45, 2.75) is 0 Å². The summed E-state index contributed by atoms with van der Waals surface area (Å²) in [7, 11) is 1.59. The van der Waals surface area contributed by atoms with Crippen molar-refractivity contribution in [3.05, 3.63) is 82.8 Å². The summed E-state index contributed by atoms with van der Waals surface area (Å²) in [5, 5.41) is 31.4. The molecule has 0 saturated heterocycles. The van der Waals surface area contributed by atoms with Gasteiger partial charge in [0.05, 0.1) is 18.4 Å². The summed E-state index contributed by atoms with van der Waals surface area (Å²) in [6.07, 6.45) is 5.08. The van der Waals surface area contributed by atoms with E-state index in [2.05, 4.69) is 16.4 Å². The van der Waals surface area contributed by atoms with E-state index >= 15 is 0 Å². The summed E-state index contributed by atoms with van der Waals surface area (Å²) >= 11 is 0. The smallest absolute Gasteiger partial charge is 0.154 e. The van der Waals surface area contributed by atoms with Crippen LogP contribution in [0.5, 0.6) is 5.75 Å². The zero-order valence-electron chi connectivity index (χ0n) is 14.4. The molecule has 0 atom stereocenters. The molecular weight excluding hydrogens is 338 g/mol. The van der Waals surface area contributed by atoms with Crippen molar-refractivity contribution in [2.75, 3.05) is 7.11 Å². The molecule has 0 unspecified atom stereocenters. The summed E-state index contributed by atoms with van der Waals surface area (Å²) in [5.41, 5.74) is 3.04. The predicted octanol–water partition coefficient (Wildman–Crippen LogP) is 3.31. The van der Waals surface area contributed by atoms with Crippen LogP contribution in [0.25, 0.3) is 11.3 Å². The molecule has 0 saturated carbocycles. The van der Waals surface area contributed by atoms with Crippen molar-refractivity contribution >= 4 is 11.3 Å². The first-order valence-electron chi connectivity index (χ1n) is 7.94. The summed E-state index contributed by atoms with van der Waals surface area (Å²) in [5.74, 6) is 0.710. The van der Waals surface area contributed by atoms with Gasteiger partial charge in [0.2, 0.25) is 0 Å². The molecule has 27 heavy (non-hydrogen) atoms. The first-order valence-corrected chi connectivity index (χ1v) is 7.94. The molecule has 0 spiro atoms. The molecule has 6 nitrogen and oxygen atoms in total. The molecule has 3 rings (SSSR count). The Hall–Kier alpha value is -4.34. The SMILES string of the molecule is COc1ccc(C2=CC(c3cccnc3)=C(C#N)C(=C(C#N)C#N)N2)cc1. The van der Waals surface area contributed by atoms with E-state index in [1.165, 1.54) is 0 Å². The maximum Gasteiger partial charge on any atom is 0.154 e. The van der Waals surface area contributed by atoms with Gasteiger partial charge in [-0.05, 0) is 42.0 Å². The molecule has 2 aromatic rings. The van der Waals surface area contributed by atoms with E-state index in [1.54, 1.807) is 25.6 Å². The minimum Gasteiger partial charge on any atom is -0.497 e. The van der Waals surface area contributed by atoms with Gasteiger partial charge in [-0.25, -0.2) is 0 Å². The van der Waals surface area contributed by atoms with Crippen LogP contribution in [0.15, 0.2) is 71.7 Å². The molecule has 0 bridgehead atoms. The first-order chi connectivity index (χ1) is 13.2. The number of hydrogen-bond acceptors (Lipinski definition) is 6. The molecule has 0 fully saturated rings. The minimum atomic E-state index is -0.160. The topological polar surface area (TPSA) is 106 Å². The Morgan fingerprint density at radius 3 is 2.33 bits per heavy atom. The number of nitriles is 3. The number of aromatic nitrogens is 1. The van der Waals surface area contributed by atoms with Crippen LogP contribution in [0.4, 0.5) is 0 Å². The second-order valence-electron chi connectivity index (χ2n) is 5.53. The molecule has 1 aliphatic rings. The number of methoxy groups -OCH3 is 1. The lowest BCUT2D eigenvalue weighted by molar-refractivity contribution is 0.415. The highest BCUT2D eigenvalue weighted by Gasteiger charge is 2.23. The van der Waals surface area contributed by atoms with Crippen LogP contribution in [-0.2, 0) is 0 Å². The number of hydrogen-bond donors (Lipinski definition) is 1. The number of nitrogens with one attached hydrogen (secondary N) is 1. The zero-order chi connectivity index (χ0) is 19.2. The van der Waals surface area contributed by atoms with Gasteiger partial charge in [0.25, 0.3) is 0 Å². The average Bonchev–Trinajstić information content (AvgIpc) is 2.74. The molecule has 128 valence electrons. The maximum absolute atomic E-state index is 9.69. The standard InChI is InChI=1S/C21H13N5O/c1-27-17-6-4-14(5-7-17)20-9-18(15-3-2-8-25-13-15)19(12-24)21(26-20)16(10-22)11-23/h2-9,13,26H,1H3. The highest BCUT2D eigenvalue weighted by atomic mass is 16.5. The largest absolute Gasteiger partial charge is 0.497 e. The van der Waals surface area contributed by atoms with Gasteiger partial charge >= 0.3 is 0 Å². The molecule has 1 aromatic heterocycles. The van der Waals surface area contributed by atoms with Crippen molar-refractivity contribution < 1.29 is 4.74 Å². The lowest BCUT2D eigenvalue weighted by Crippen LogP contribution is -2.20. The fourth-order valence-corrected chi connectivity index (χ4v) is 2.70. The summed E-state index contributed by atoms with van der Waals surface area (Å²) in [6.45, 7) is 0. The zero-order valence-corrected chi connectivity index (χ0v) is 14.4. The van der Waals surface area contributed by atoms with Gasteiger partial charge in [-0.2, -0.15) is 15.8 Å². The van der Waals surface area contributed by atoms with Crippen LogP contribution in [0.3, 0.4) is 0 Å². The lowest BCUT2D eigenvalue weighted by atomic mass is 9.92. The monoisotopic (exact) mass is 351 g/mol. The Morgan fingerprint density at radius 2 is 1.78 bits per heavy atom. The molecule has 0 amide bonds. The van der Waals surface area contributed by atoms with Crippen molar-refractivity contribution in [3.8, 4) is 24.0 Å². The average molecular weight is 351 g/mol. The van der Waals surface area contributed by atoms with Gasteiger partial charge in [0.1, 0.15) is 24.0 Å². The fraction of sp³-hybridized carbons (Fsp3) is 0.0476. The van der Waals surface area contributed by atoms with Crippen LogP contribution in [-0.4, -0.2) is 12.1 Å². The Kier molecular flexibility index (Phi) is 4.98. The van der Waals surface area contributed by atoms with Gasteiger partial charge in [-0.15, -0.1) is 0 Å². The number of benzene rings is 1. The molecule has 6 heteroatoms. The molecular formula is C21H13N5O. The van der Waals surface area contributed by atoms with Gasteiger partial charge < -0.3 is 10.1 Å². The second kappa shape index (κ2) is 7.70. The van der Waals surface area contributed by atoms with E-state index in [4.69, 9.17) is 4.74 Å². The highest BCUT2D eigenvalue weighted by molar-refractivity contribution is 5.93. The van der Waals surface area contributed by atoms with E-state index in [0.29, 0.717) is 22.6 Å². The third-order valence-electron chi connectivity index (χ3n) is 4.03. The predicted molar refractivity (Wildman–Crippen MR) is 99.1 cm³/mol. The molecule has 0 aliphatic carbocycles. The molecule has 1 aliphatic heterocycles. The third kappa shape index (κ3) is 3.39. The van der Waals surface area contributed by atoms with E-state index in [-0.39, 0.29) is 16.8 Å². The Morgan fingerprint density at radius 1 is 1.04 bits per heavy atom. The normalized spacial score (nSPS) is 12.8. The number of nitrogens with zero attached hydrogens (tertiary/aromatic N) is 4. The number of ether oxygens (including phenoxy) is 1. The van der Waals surface area contributed by atoms with Crippen molar-refractivity contribution in [1.82, 2.24) is 10.3 Å². The van der Waals surface area contributed by atoms with Gasteiger partial charge in [0, 0.05) is 29.2 Å². The Labute approximate surface area is 156 Å². The Balaban J connectivity index is 2.25. The van der Waals surface area contributed by atoms with Crippen LogP contribution in [0.2, 0.25) is 0 Å². The van der Waals surface area contributed by atoms with Crippen LogP contribution >= 0.6 is 0 Å². The fourth-order valence-electron chi connectivity index (χ4n) is 2.70. The van der Waals surface area contributed by atoms with Crippen molar-refractivity contribution in [2.24, 2.45) is 0 Å². The molecule has 1 aromatic carbocycles. The number of allylic oxidation sites excluding steroid dienone is 4.